The molecule has 0 bridgehead atoms. The van der Waals surface area contributed by atoms with Crippen LogP contribution in [0.15, 0.2) is 0 Å². The predicted molar refractivity (Wildman–Crippen MR) is 73.1 cm³/mol. The van der Waals surface area contributed by atoms with E-state index in [1.165, 1.54) is 0 Å². The molecule has 112 valence electrons. The van der Waals surface area contributed by atoms with Crippen LogP contribution in [0.25, 0.3) is 0 Å². The Balaban J connectivity index is 2.17. The highest BCUT2D eigenvalue weighted by molar-refractivity contribution is 5.71. The molecule has 7 heteroatoms. The first-order valence-corrected chi connectivity index (χ1v) is 7.26. The highest BCUT2D eigenvalue weighted by Crippen LogP contribution is 2.36. The minimum absolute atomic E-state index is 0.0457. The molecule has 2 rings (SSSR count). The number of carboxylic acid groups (broad SMARTS) is 1. The maximum Gasteiger partial charge on any atom is 0.307 e. The van der Waals surface area contributed by atoms with E-state index >= 15 is 0 Å². The van der Waals surface area contributed by atoms with Crippen molar-refractivity contribution >= 4 is 5.97 Å². The smallest absolute Gasteiger partial charge is 0.307 e. The normalized spacial score (nSPS) is 19.9. The molecule has 0 aromatic carbocycles. The van der Waals surface area contributed by atoms with Crippen molar-refractivity contribution in [2.75, 3.05) is 13.1 Å². The zero-order valence-corrected chi connectivity index (χ0v) is 12.0. The Hall–Kier alpha value is -1.50. The summed E-state index contributed by atoms with van der Waals surface area (Å²) in [6.45, 7) is 5.90. The summed E-state index contributed by atoms with van der Waals surface area (Å²) in [6.07, 6.45) is 3.00. The number of carboxylic acids is 1. The van der Waals surface area contributed by atoms with Crippen LogP contribution >= 0.6 is 0 Å². The van der Waals surface area contributed by atoms with Crippen molar-refractivity contribution in [3.8, 4) is 0 Å². The number of rotatable bonds is 6. The number of aromatic nitrogens is 4. The SMILES string of the molecule is CC(C)[C@H](C(=O)O)[C@H](CC1CCNCC1)c1nnn[nH]1. The molecule has 2 heterocycles. The van der Waals surface area contributed by atoms with Crippen molar-refractivity contribution in [1.82, 2.24) is 25.9 Å². The molecule has 0 aliphatic carbocycles. The first-order chi connectivity index (χ1) is 9.59. The number of tetrazole rings is 1. The van der Waals surface area contributed by atoms with Crippen LogP contribution in [0.4, 0.5) is 0 Å². The number of hydrogen-bond donors (Lipinski definition) is 3. The van der Waals surface area contributed by atoms with Crippen LogP contribution in [0.1, 0.15) is 44.9 Å². The van der Waals surface area contributed by atoms with E-state index in [0.717, 1.165) is 32.4 Å². The van der Waals surface area contributed by atoms with Gasteiger partial charge in [0.05, 0.1) is 5.92 Å². The lowest BCUT2D eigenvalue weighted by atomic mass is 9.76. The van der Waals surface area contributed by atoms with Gasteiger partial charge in [-0.2, -0.15) is 0 Å². The number of hydrogen-bond acceptors (Lipinski definition) is 5. The number of nitrogens with zero attached hydrogens (tertiary/aromatic N) is 3. The lowest BCUT2D eigenvalue weighted by Gasteiger charge is -2.30. The molecule has 0 radical (unpaired) electrons. The van der Waals surface area contributed by atoms with Gasteiger partial charge in [-0.3, -0.25) is 4.79 Å². The molecular weight excluding hydrogens is 258 g/mol. The first-order valence-electron chi connectivity index (χ1n) is 7.26. The summed E-state index contributed by atoms with van der Waals surface area (Å²) in [6, 6.07) is 0. The van der Waals surface area contributed by atoms with E-state index in [1.807, 2.05) is 13.8 Å². The molecule has 7 nitrogen and oxygen atoms in total. The summed E-state index contributed by atoms with van der Waals surface area (Å²) in [7, 11) is 0. The summed E-state index contributed by atoms with van der Waals surface area (Å²) in [5.74, 6) is -0.193. The number of H-pyrrole nitrogens is 1. The van der Waals surface area contributed by atoms with Crippen molar-refractivity contribution in [2.45, 2.75) is 39.0 Å². The summed E-state index contributed by atoms with van der Waals surface area (Å²) in [5, 5.41) is 26.8. The third kappa shape index (κ3) is 3.53. The summed E-state index contributed by atoms with van der Waals surface area (Å²) in [4.78, 5) is 11.6. The minimum atomic E-state index is -0.768. The number of aliphatic carboxylic acids is 1. The highest BCUT2D eigenvalue weighted by atomic mass is 16.4. The van der Waals surface area contributed by atoms with Gasteiger partial charge in [-0.15, -0.1) is 5.10 Å². The number of carbonyl (C=O) groups is 1. The maximum absolute atomic E-state index is 11.6. The van der Waals surface area contributed by atoms with Crippen LogP contribution in [0.5, 0.6) is 0 Å². The molecule has 0 unspecified atom stereocenters. The highest BCUT2D eigenvalue weighted by Gasteiger charge is 2.36. The lowest BCUT2D eigenvalue weighted by molar-refractivity contribution is -0.144. The van der Waals surface area contributed by atoms with E-state index in [4.69, 9.17) is 0 Å². The lowest BCUT2D eigenvalue weighted by Crippen LogP contribution is -2.33. The van der Waals surface area contributed by atoms with E-state index in [0.29, 0.717) is 11.7 Å². The molecule has 1 aliphatic rings. The van der Waals surface area contributed by atoms with Gasteiger partial charge < -0.3 is 10.4 Å². The van der Waals surface area contributed by atoms with Crippen molar-refractivity contribution < 1.29 is 9.90 Å². The zero-order valence-electron chi connectivity index (χ0n) is 12.0. The fourth-order valence-electron chi connectivity index (χ4n) is 3.15. The van der Waals surface area contributed by atoms with Crippen LogP contribution in [0.2, 0.25) is 0 Å². The molecule has 0 spiro atoms. The van der Waals surface area contributed by atoms with E-state index < -0.39 is 11.9 Å². The predicted octanol–water partition coefficient (Wildman–Crippen LogP) is 1.03. The standard InChI is InChI=1S/C13H23N5O2/c1-8(2)11(13(19)20)10(12-15-17-18-16-12)7-9-3-5-14-6-4-9/h8-11,14H,3-7H2,1-2H3,(H,19,20)(H,15,16,17,18)/t10-,11-/m0/s1. The third-order valence-electron chi connectivity index (χ3n) is 4.20. The quantitative estimate of drug-likeness (QED) is 0.719. The Bertz CT molecular complexity index is 414. The van der Waals surface area contributed by atoms with Gasteiger partial charge >= 0.3 is 5.97 Å². The molecule has 20 heavy (non-hydrogen) atoms. The van der Waals surface area contributed by atoms with Gasteiger partial charge in [0.15, 0.2) is 5.82 Å². The van der Waals surface area contributed by atoms with Crippen molar-refractivity contribution in [3.05, 3.63) is 5.82 Å². The van der Waals surface area contributed by atoms with Crippen molar-refractivity contribution in [2.24, 2.45) is 17.8 Å². The monoisotopic (exact) mass is 281 g/mol. The molecule has 0 amide bonds. The van der Waals surface area contributed by atoms with Crippen LogP contribution < -0.4 is 5.32 Å². The van der Waals surface area contributed by atoms with Gasteiger partial charge in [-0.05, 0) is 54.6 Å². The van der Waals surface area contributed by atoms with Crippen LogP contribution in [-0.4, -0.2) is 44.8 Å². The van der Waals surface area contributed by atoms with Gasteiger partial charge in [0.1, 0.15) is 0 Å². The van der Waals surface area contributed by atoms with Crippen LogP contribution in [0.3, 0.4) is 0 Å². The zero-order chi connectivity index (χ0) is 14.5. The van der Waals surface area contributed by atoms with E-state index in [9.17, 15) is 9.90 Å². The average molecular weight is 281 g/mol. The molecule has 1 aromatic heterocycles. The van der Waals surface area contributed by atoms with Gasteiger partial charge in [-0.1, -0.05) is 13.8 Å². The van der Waals surface area contributed by atoms with E-state index in [2.05, 4.69) is 25.9 Å². The van der Waals surface area contributed by atoms with Crippen molar-refractivity contribution in [3.63, 3.8) is 0 Å². The molecule has 1 fully saturated rings. The van der Waals surface area contributed by atoms with Gasteiger partial charge in [0.2, 0.25) is 0 Å². The third-order valence-corrected chi connectivity index (χ3v) is 4.20. The molecule has 2 atom stereocenters. The summed E-state index contributed by atoms with van der Waals surface area (Å²) < 4.78 is 0. The number of piperidine rings is 1. The van der Waals surface area contributed by atoms with E-state index in [-0.39, 0.29) is 11.8 Å². The minimum Gasteiger partial charge on any atom is -0.481 e. The second-order valence-electron chi connectivity index (χ2n) is 5.93. The topological polar surface area (TPSA) is 104 Å². The number of nitrogens with one attached hydrogen (secondary N) is 2. The second kappa shape index (κ2) is 6.78. The fraction of sp³-hybridized carbons (Fsp3) is 0.846. The molecular formula is C13H23N5O2. The molecule has 1 saturated heterocycles. The average Bonchev–Trinajstić information content (AvgIpc) is 2.92. The Kier molecular flexibility index (Phi) is 5.05. The summed E-state index contributed by atoms with van der Waals surface area (Å²) in [5.41, 5.74) is 0. The maximum atomic E-state index is 11.6. The van der Waals surface area contributed by atoms with E-state index in [1.54, 1.807) is 0 Å². The summed E-state index contributed by atoms with van der Waals surface area (Å²) >= 11 is 0. The largest absolute Gasteiger partial charge is 0.481 e. The number of aromatic amines is 1. The second-order valence-corrected chi connectivity index (χ2v) is 5.93. The first kappa shape index (κ1) is 14.9. The fourth-order valence-corrected chi connectivity index (χ4v) is 3.15. The molecule has 1 aliphatic heterocycles. The Morgan fingerprint density at radius 1 is 1.40 bits per heavy atom. The Labute approximate surface area is 118 Å². The van der Waals surface area contributed by atoms with Crippen molar-refractivity contribution in [1.29, 1.82) is 0 Å². The molecule has 0 saturated carbocycles. The van der Waals surface area contributed by atoms with Gasteiger partial charge in [0, 0.05) is 5.92 Å². The van der Waals surface area contributed by atoms with Crippen LogP contribution in [0, 0.1) is 17.8 Å². The Morgan fingerprint density at radius 2 is 2.10 bits per heavy atom. The Morgan fingerprint density at radius 3 is 2.60 bits per heavy atom. The van der Waals surface area contributed by atoms with Gasteiger partial charge in [-0.25, -0.2) is 5.10 Å². The van der Waals surface area contributed by atoms with Gasteiger partial charge in [0.25, 0.3) is 0 Å². The molecule has 1 aromatic rings. The van der Waals surface area contributed by atoms with Crippen LogP contribution in [-0.2, 0) is 4.79 Å². The molecule has 3 N–H and O–H groups in total.